The summed E-state index contributed by atoms with van der Waals surface area (Å²) >= 11 is 5.09. The van der Waals surface area contributed by atoms with Crippen molar-refractivity contribution < 1.29 is 4.57 Å². The molecule has 3 N–H and O–H groups in total. The maximum atomic E-state index is 5.77. The van der Waals surface area contributed by atoms with Crippen molar-refractivity contribution in [2.45, 2.75) is 6.92 Å². The lowest BCUT2D eigenvalue weighted by molar-refractivity contribution is -0.665. The van der Waals surface area contributed by atoms with E-state index in [1.165, 1.54) is 0 Å². The van der Waals surface area contributed by atoms with Gasteiger partial charge in [0.15, 0.2) is 10.8 Å². The minimum atomic E-state index is 0.231. The van der Waals surface area contributed by atoms with Crippen molar-refractivity contribution in [1.29, 1.82) is 0 Å². The van der Waals surface area contributed by atoms with Crippen LogP contribution in [0, 0.1) is 6.92 Å². The van der Waals surface area contributed by atoms with Crippen LogP contribution in [-0.2, 0) is 7.05 Å². The van der Waals surface area contributed by atoms with Crippen molar-refractivity contribution >= 4 is 17.3 Å². The van der Waals surface area contributed by atoms with Crippen LogP contribution in [0.1, 0.15) is 5.69 Å². The number of hydrogen-bond acceptors (Lipinski definition) is 1. The summed E-state index contributed by atoms with van der Waals surface area (Å²) < 4.78 is 4.10. The van der Waals surface area contributed by atoms with Gasteiger partial charge in [-0.05, 0) is 24.4 Å². The minimum absolute atomic E-state index is 0.231. The summed E-state index contributed by atoms with van der Waals surface area (Å²) in [5.74, 6) is 0.995. The zero-order chi connectivity index (χ0) is 16.4. The highest BCUT2D eigenvalue weighted by molar-refractivity contribution is 7.80. The van der Waals surface area contributed by atoms with Gasteiger partial charge < -0.3 is 5.73 Å². The molecule has 3 rings (SSSR count). The second-order valence-corrected chi connectivity index (χ2v) is 5.80. The third-order valence-corrected chi connectivity index (χ3v) is 3.99. The van der Waals surface area contributed by atoms with Gasteiger partial charge in [0, 0.05) is 12.5 Å². The van der Waals surface area contributed by atoms with Crippen LogP contribution in [0.4, 0.5) is 0 Å². The molecular formula is C18H19N4S+. The van der Waals surface area contributed by atoms with Gasteiger partial charge in [-0.15, -0.1) is 4.68 Å². The van der Waals surface area contributed by atoms with Gasteiger partial charge in [-0.2, -0.15) is 5.43 Å². The summed E-state index contributed by atoms with van der Waals surface area (Å²) in [6.07, 6.45) is 0. The molecule has 0 fully saturated rings. The Hall–Kier alpha value is -2.66. The first-order valence-corrected chi connectivity index (χ1v) is 7.79. The van der Waals surface area contributed by atoms with E-state index in [1.807, 2.05) is 48.1 Å². The summed E-state index contributed by atoms with van der Waals surface area (Å²) in [5, 5.41) is 0.231. The Balaban J connectivity index is 2.31. The molecule has 0 aliphatic rings. The lowest BCUT2D eigenvalue weighted by Crippen LogP contribution is -2.35. The van der Waals surface area contributed by atoms with Gasteiger partial charge in [-0.25, -0.2) is 4.57 Å². The summed E-state index contributed by atoms with van der Waals surface area (Å²) in [7, 11) is 2.04. The lowest BCUT2D eigenvalue weighted by Gasteiger charge is -2.06. The molecule has 0 unspecified atom stereocenters. The Bertz CT molecular complexity index is 775. The molecule has 0 saturated heterocycles. The Labute approximate surface area is 141 Å². The maximum Gasteiger partial charge on any atom is 0.313 e. The van der Waals surface area contributed by atoms with Crippen molar-refractivity contribution in [3.63, 3.8) is 0 Å². The molecule has 2 aromatic carbocycles. The Morgan fingerprint density at radius 3 is 2.04 bits per heavy atom. The van der Waals surface area contributed by atoms with Crippen LogP contribution in [0.25, 0.3) is 22.6 Å². The average molecular weight is 323 g/mol. The van der Waals surface area contributed by atoms with E-state index in [1.54, 1.807) is 0 Å². The number of nitrogens with zero attached hydrogens (tertiary/aromatic N) is 2. The Morgan fingerprint density at radius 1 is 1.00 bits per heavy atom. The van der Waals surface area contributed by atoms with E-state index in [9.17, 15) is 0 Å². The molecular weight excluding hydrogens is 304 g/mol. The van der Waals surface area contributed by atoms with Crippen LogP contribution in [0.5, 0.6) is 0 Å². The molecule has 4 nitrogen and oxygen atoms in total. The van der Waals surface area contributed by atoms with Gasteiger partial charge in [0.05, 0.1) is 12.6 Å². The van der Waals surface area contributed by atoms with Gasteiger partial charge in [-0.1, -0.05) is 48.5 Å². The number of benzene rings is 2. The molecule has 0 amide bonds. The standard InChI is InChI=1S/C18H18N4S/c1-13-16(14-9-5-3-6-10-14)22(20-18(19)23)17(21(13)2)15-11-7-4-8-12-15/h3-12H,1-2H3,(H2-,19,20,23)/p+1. The molecule has 116 valence electrons. The predicted octanol–water partition coefficient (Wildman–Crippen LogP) is 2.74. The number of thiocarbonyl (C=S) groups is 1. The Morgan fingerprint density at radius 2 is 1.52 bits per heavy atom. The molecule has 0 spiro atoms. The van der Waals surface area contributed by atoms with Crippen molar-refractivity contribution in [3.8, 4) is 22.6 Å². The zero-order valence-electron chi connectivity index (χ0n) is 13.2. The van der Waals surface area contributed by atoms with Crippen LogP contribution in [0.3, 0.4) is 0 Å². The number of nitrogens with one attached hydrogen (secondary N) is 1. The summed E-state index contributed by atoms with van der Waals surface area (Å²) in [5.41, 5.74) is 13.2. The molecule has 0 atom stereocenters. The topological polar surface area (TPSA) is 46.9 Å². The fourth-order valence-electron chi connectivity index (χ4n) is 2.80. The molecule has 1 heterocycles. The first kappa shape index (κ1) is 15.2. The van der Waals surface area contributed by atoms with E-state index in [0.717, 1.165) is 28.3 Å². The molecule has 5 heteroatoms. The third-order valence-electron chi connectivity index (χ3n) is 3.90. The highest BCUT2D eigenvalue weighted by Crippen LogP contribution is 2.27. The highest BCUT2D eigenvalue weighted by atomic mass is 32.1. The molecule has 0 bridgehead atoms. The van der Waals surface area contributed by atoms with Gasteiger partial charge in [-0.3, -0.25) is 0 Å². The first-order chi connectivity index (χ1) is 11.1. The monoisotopic (exact) mass is 323 g/mol. The molecule has 1 aromatic heterocycles. The summed E-state index contributed by atoms with van der Waals surface area (Å²) in [6.45, 7) is 2.09. The molecule has 23 heavy (non-hydrogen) atoms. The molecule has 0 radical (unpaired) electrons. The van der Waals surface area contributed by atoms with Crippen LogP contribution >= 0.6 is 12.2 Å². The highest BCUT2D eigenvalue weighted by Gasteiger charge is 2.29. The molecule has 3 aromatic rings. The normalized spacial score (nSPS) is 10.5. The van der Waals surface area contributed by atoms with Gasteiger partial charge in [0.1, 0.15) is 0 Å². The second-order valence-electron chi connectivity index (χ2n) is 5.36. The van der Waals surface area contributed by atoms with Crippen molar-refractivity contribution in [3.05, 3.63) is 66.4 Å². The SMILES string of the molecule is Cc1c(-c2ccccc2)n(NC(N)=S)c(-c2ccccc2)[n+]1C. The van der Waals surface area contributed by atoms with Gasteiger partial charge >= 0.3 is 5.82 Å². The minimum Gasteiger partial charge on any atom is -0.374 e. The van der Waals surface area contributed by atoms with E-state index < -0.39 is 0 Å². The number of aromatic nitrogens is 2. The number of nitrogens with two attached hydrogens (primary N) is 1. The number of imidazole rings is 1. The molecule has 0 aliphatic carbocycles. The quantitative estimate of drug-likeness (QED) is 0.575. The van der Waals surface area contributed by atoms with Crippen LogP contribution < -0.4 is 15.7 Å². The van der Waals surface area contributed by atoms with Crippen LogP contribution in [0.15, 0.2) is 60.7 Å². The fraction of sp³-hybridized carbons (Fsp3) is 0.111. The summed E-state index contributed by atoms with van der Waals surface area (Å²) in [4.78, 5) is 0. The van der Waals surface area contributed by atoms with E-state index in [0.29, 0.717) is 0 Å². The fourth-order valence-corrected chi connectivity index (χ4v) is 2.89. The van der Waals surface area contributed by atoms with Crippen molar-refractivity contribution in [2.24, 2.45) is 12.8 Å². The molecule has 0 aliphatic heterocycles. The van der Waals surface area contributed by atoms with Crippen molar-refractivity contribution in [2.75, 3.05) is 5.43 Å². The number of hydrogen-bond donors (Lipinski definition) is 2. The number of rotatable bonds is 3. The van der Waals surface area contributed by atoms with E-state index >= 15 is 0 Å². The van der Waals surface area contributed by atoms with E-state index in [2.05, 4.69) is 41.2 Å². The van der Waals surface area contributed by atoms with Crippen LogP contribution in [0.2, 0.25) is 0 Å². The van der Waals surface area contributed by atoms with E-state index in [4.69, 9.17) is 18.0 Å². The average Bonchev–Trinajstić information content (AvgIpc) is 2.79. The second kappa shape index (κ2) is 6.22. The van der Waals surface area contributed by atoms with Gasteiger partial charge in [0.2, 0.25) is 5.69 Å². The summed E-state index contributed by atoms with van der Waals surface area (Å²) in [6, 6.07) is 20.4. The zero-order valence-corrected chi connectivity index (χ0v) is 14.0. The lowest BCUT2D eigenvalue weighted by atomic mass is 10.1. The smallest absolute Gasteiger partial charge is 0.313 e. The predicted molar refractivity (Wildman–Crippen MR) is 97.4 cm³/mol. The molecule has 0 saturated carbocycles. The van der Waals surface area contributed by atoms with E-state index in [-0.39, 0.29) is 5.11 Å². The van der Waals surface area contributed by atoms with Crippen LogP contribution in [-0.4, -0.2) is 9.79 Å². The third kappa shape index (κ3) is 2.83. The van der Waals surface area contributed by atoms with Crippen molar-refractivity contribution in [1.82, 2.24) is 4.68 Å². The largest absolute Gasteiger partial charge is 0.374 e. The van der Waals surface area contributed by atoms with Gasteiger partial charge in [0.25, 0.3) is 0 Å². The Kier molecular flexibility index (Phi) is 4.12. The maximum absolute atomic E-state index is 5.77. The first-order valence-electron chi connectivity index (χ1n) is 7.38.